The van der Waals surface area contributed by atoms with E-state index >= 15 is 0 Å². The Bertz CT molecular complexity index is 684. The van der Waals surface area contributed by atoms with Gasteiger partial charge in [0.25, 0.3) is 0 Å². The molecule has 1 atom stereocenters. The van der Waals surface area contributed by atoms with E-state index in [-0.39, 0.29) is 10.9 Å². The third-order valence-corrected chi connectivity index (χ3v) is 6.36. The molecule has 1 aromatic carbocycles. The van der Waals surface area contributed by atoms with Crippen LogP contribution in [0, 0.1) is 5.92 Å². The second kappa shape index (κ2) is 7.93. The van der Waals surface area contributed by atoms with Gasteiger partial charge in [0.05, 0.1) is 4.90 Å². The van der Waals surface area contributed by atoms with Crippen molar-refractivity contribution in [3.05, 3.63) is 18.2 Å². The summed E-state index contributed by atoms with van der Waals surface area (Å²) in [6.07, 6.45) is 3.65. The van der Waals surface area contributed by atoms with Crippen LogP contribution in [0.25, 0.3) is 0 Å². The summed E-state index contributed by atoms with van der Waals surface area (Å²) in [5, 5.41) is 0. The van der Waals surface area contributed by atoms with Crippen molar-refractivity contribution in [3.8, 4) is 11.5 Å². The van der Waals surface area contributed by atoms with Gasteiger partial charge in [0.15, 0.2) is 11.5 Å². The molecule has 2 aliphatic heterocycles. The zero-order valence-electron chi connectivity index (χ0n) is 15.0. The molecule has 0 aliphatic carbocycles. The second-order valence-electron chi connectivity index (χ2n) is 7.07. The smallest absolute Gasteiger partial charge is 0.240 e. The van der Waals surface area contributed by atoms with Gasteiger partial charge in [-0.1, -0.05) is 20.3 Å². The molecule has 25 heavy (non-hydrogen) atoms. The first kappa shape index (κ1) is 18.5. The molecule has 140 valence electrons. The molecule has 7 heteroatoms. The van der Waals surface area contributed by atoms with Crippen LogP contribution in [-0.2, 0) is 10.0 Å². The fourth-order valence-corrected chi connectivity index (χ4v) is 4.57. The minimum absolute atomic E-state index is 0.215. The van der Waals surface area contributed by atoms with E-state index in [0.717, 1.165) is 13.1 Å². The Kier molecular flexibility index (Phi) is 5.86. The largest absolute Gasteiger partial charge is 0.486 e. The quantitative estimate of drug-likeness (QED) is 0.834. The van der Waals surface area contributed by atoms with Crippen molar-refractivity contribution in [2.75, 3.05) is 32.8 Å². The van der Waals surface area contributed by atoms with Crippen molar-refractivity contribution in [1.82, 2.24) is 9.62 Å². The first-order valence-corrected chi connectivity index (χ1v) is 10.6. The van der Waals surface area contributed by atoms with Crippen molar-refractivity contribution in [2.45, 2.75) is 44.0 Å². The third kappa shape index (κ3) is 4.46. The number of rotatable bonds is 6. The van der Waals surface area contributed by atoms with Gasteiger partial charge in [-0.2, -0.15) is 0 Å². The lowest BCUT2D eigenvalue weighted by molar-refractivity contribution is 0.130. The number of hydrogen-bond acceptors (Lipinski definition) is 5. The lowest BCUT2D eigenvalue weighted by atomic mass is 9.99. The van der Waals surface area contributed by atoms with E-state index < -0.39 is 10.0 Å². The Morgan fingerprint density at radius 2 is 1.76 bits per heavy atom. The molecule has 2 aliphatic rings. The van der Waals surface area contributed by atoms with E-state index in [1.807, 2.05) is 0 Å². The summed E-state index contributed by atoms with van der Waals surface area (Å²) in [5.41, 5.74) is 0. The fourth-order valence-electron chi connectivity index (χ4n) is 3.51. The van der Waals surface area contributed by atoms with Crippen LogP contribution < -0.4 is 14.2 Å². The third-order valence-electron chi connectivity index (χ3n) is 4.94. The SMILES string of the molecule is CC(C)C(CNS(=O)(=O)c1ccc2c(c1)OCCO2)N1CCCCC1. The van der Waals surface area contributed by atoms with E-state index in [0.29, 0.717) is 37.2 Å². The van der Waals surface area contributed by atoms with Gasteiger partial charge >= 0.3 is 0 Å². The molecule has 2 heterocycles. The molecule has 0 aromatic heterocycles. The number of hydrogen-bond donors (Lipinski definition) is 1. The number of sulfonamides is 1. The number of piperidine rings is 1. The highest BCUT2D eigenvalue weighted by Crippen LogP contribution is 2.32. The second-order valence-corrected chi connectivity index (χ2v) is 8.83. The minimum atomic E-state index is -3.57. The molecule has 1 N–H and O–H groups in total. The van der Waals surface area contributed by atoms with Gasteiger partial charge in [0.2, 0.25) is 10.0 Å². The predicted octanol–water partition coefficient (Wildman–Crippen LogP) is 2.25. The molecule has 0 spiro atoms. The van der Waals surface area contributed by atoms with Gasteiger partial charge in [-0.15, -0.1) is 0 Å². The molecular weight excluding hydrogens is 340 g/mol. The standard InChI is InChI=1S/C18H28N2O4S/c1-14(2)16(20-8-4-3-5-9-20)13-19-25(21,22)15-6-7-17-18(12-15)24-11-10-23-17/h6-7,12,14,16,19H,3-5,8-11,13H2,1-2H3. The number of nitrogens with one attached hydrogen (secondary N) is 1. The van der Waals surface area contributed by atoms with Crippen LogP contribution in [0.15, 0.2) is 23.1 Å². The van der Waals surface area contributed by atoms with Crippen LogP contribution in [0.2, 0.25) is 0 Å². The average molecular weight is 368 g/mol. The van der Waals surface area contributed by atoms with E-state index in [1.54, 1.807) is 18.2 Å². The number of nitrogens with zero attached hydrogens (tertiary/aromatic N) is 1. The van der Waals surface area contributed by atoms with Gasteiger partial charge in [-0.05, 0) is 44.0 Å². The van der Waals surface area contributed by atoms with E-state index in [9.17, 15) is 8.42 Å². The summed E-state index contributed by atoms with van der Waals surface area (Å²) >= 11 is 0. The predicted molar refractivity (Wildman–Crippen MR) is 96.7 cm³/mol. The monoisotopic (exact) mass is 368 g/mol. The molecule has 6 nitrogen and oxygen atoms in total. The summed E-state index contributed by atoms with van der Waals surface area (Å²) in [7, 11) is -3.57. The van der Waals surface area contributed by atoms with Gasteiger partial charge in [0.1, 0.15) is 13.2 Å². The van der Waals surface area contributed by atoms with E-state index in [1.165, 1.54) is 19.3 Å². The topological polar surface area (TPSA) is 67.9 Å². The number of ether oxygens (including phenoxy) is 2. The van der Waals surface area contributed by atoms with Crippen LogP contribution in [0.3, 0.4) is 0 Å². The van der Waals surface area contributed by atoms with E-state index in [4.69, 9.17) is 9.47 Å². The lowest BCUT2D eigenvalue weighted by Crippen LogP contribution is -2.48. The van der Waals surface area contributed by atoms with Crippen LogP contribution in [0.4, 0.5) is 0 Å². The molecule has 3 rings (SSSR count). The number of benzene rings is 1. The first-order valence-electron chi connectivity index (χ1n) is 9.11. The summed E-state index contributed by atoms with van der Waals surface area (Å²) < 4.78 is 39.1. The van der Waals surface area contributed by atoms with Gasteiger partial charge < -0.3 is 9.47 Å². The van der Waals surface area contributed by atoms with Crippen molar-refractivity contribution in [3.63, 3.8) is 0 Å². The van der Waals surface area contributed by atoms with Crippen LogP contribution in [0.5, 0.6) is 11.5 Å². The number of likely N-dealkylation sites (tertiary alicyclic amines) is 1. The maximum atomic E-state index is 12.7. The average Bonchev–Trinajstić information content (AvgIpc) is 2.62. The van der Waals surface area contributed by atoms with Gasteiger partial charge in [-0.3, -0.25) is 4.90 Å². The molecule has 1 aromatic rings. The Morgan fingerprint density at radius 1 is 1.08 bits per heavy atom. The van der Waals surface area contributed by atoms with Crippen LogP contribution in [-0.4, -0.2) is 52.2 Å². The molecule has 0 radical (unpaired) electrons. The molecule has 1 saturated heterocycles. The summed E-state index contributed by atoms with van der Waals surface area (Å²) in [5.74, 6) is 1.48. The maximum absolute atomic E-state index is 12.7. The first-order chi connectivity index (χ1) is 12.0. The Morgan fingerprint density at radius 3 is 2.44 bits per heavy atom. The van der Waals surface area contributed by atoms with Crippen molar-refractivity contribution < 1.29 is 17.9 Å². The molecule has 1 unspecified atom stereocenters. The van der Waals surface area contributed by atoms with Gasteiger partial charge in [-0.25, -0.2) is 13.1 Å². The fraction of sp³-hybridized carbons (Fsp3) is 0.667. The summed E-state index contributed by atoms with van der Waals surface area (Å²) in [6.45, 7) is 7.75. The molecule has 0 amide bonds. The minimum Gasteiger partial charge on any atom is -0.486 e. The highest BCUT2D eigenvalue weighted by Gasteiger charge is 2.26. The lowest BCUT2D eigenvalue weighted by Gasteiger charge is -2.37. The Balaban J connectivity index is 1.69. The van der Waals surface area contributed by atoms with Crippen molar-refractivity contribution in [1.29, 1.82) is 0 Å². The zero-order valence-corrected chi connectivity index (χ0v) is 15.8. The zero-order chi connectivity index (χ0) is 17.9. The highest BCUT2D eigenvalue weighted by atomic mass is 32.2. The van der Waals surface area contributed by atoms with Gasteiger partial charge in [0, 0.05) is 18.7 Å². The molecule has 0 bridgehead atoms. The Labute approximate surface area is 150 Å². The van der Waals surface area contributed by atoms with E-state index in [2.05, 4.69) is 23.5 Å². The molecular formula is C18H28N2O4S. The van der Waals surface area contributed by atoms with Crippen LogP contribution >= 0.6 is 0 Å². The summed E-state index contributed by atoms with van der Waals surface area (Å²) in [4.78, 5) is 2.64. The van der Waals surface area contributed by atoms with Crippen molar-refractivity contribution >= 4 is 10.0 Å². The normalized spacial score (nSPS) is 19.8. The number of fused-ring (bicyclic) bond motifs is 1. The van der Waals surface area contributed by atoms with Crippen molar-refractivity contribution in [2.24, 2.45) is 5.92 Å². The highest BCUT2D eigenvalue weighted by molar-refractivity contribution is 7.89. The maximum Gasteiger partial charge on any atom is 0.240 e. The molecule has 1 fully saturated rings. The van der Waals surface area contributed by atoms with Crippen LogP contribution in [0.1, 0.15) is 33.1 Å². The summed E-state index contributed by atoms with van der Waals surface area (Å²) in [6, 6.07) is 4.99. The molecule has 0 saturated carbocycles. The Hall–Kier alpha value is -1.31.